The molecule has 0 bridgehead atoms. The Bertz CT molecular complexity index is 1240. The highest BCUT2D eigenvalue weighted by Crippen LogP contribution is 2.67. The second-order valence-corrected chi connectivity index (χ2v) is 22.6. The predicted molar refractivity (Wildman–Crippen MR) is 269 cm³/mol. The third kappa shape index (κ3) is 18.4. The fourth-order valence-electron chi connectivity index (χ4n) is 13.2. The Morgan fingerprint density at radius 3 is 2.05 bits per heavy atom. The summed E-state index contributed by atoms with van der Waals surface area (Å²) in [5.74, 6) is 5.49. The normalized spacial score (nSPS) is 28.5. The first kappa shape index (κ1) is 53.7. The number of rotatable bonds is 35. The van der Waals surface area contributed by atoms with E-state index in [1.165, 1.54) is 173 Å². The maximum atomic E-state index is 6.61. The van der Waals surface area contributed by atoms with Gasteiger partial charge in [-0.25, -0.2) is 0 Å². The van der Waals surface area contributed by atoms with Crippen LogP contribution in [0.15, 0.2) is 36.0 Å². The maximum absolute atomic E-state index is 6.61. The Morgan fingerprint density at radius 1 is 0.694 bits per heavy atom. The molecule has 0 aromatic heterocycles. The Balaban J connectivity index is 0.980. The lowest BCUT2D eigenvalue weighted by Gasteiger charge is -2.58. The van der Waals surface area contributed by atoms with Gasteiger partial charge in [0, 0.05) is 26.4 Å². The predicted octanol–water partition coefficient (Wildman–Crippen LogP) is 16.5. The molecule has 0 aromatic carbocycles. The van der Waals surface area contributed by atoms with Crippen LogP contribution in [0.4, 0.5) is 0 Å². The second-order valence-electron chi connectivity index (χ2n) is 22.6. The van der Waals surface area contributed by atoms with E-state index in [-0.39, 0.29) is 6.10 Å². The van der Waals surface area contributed by atoms with E-state index >= 15 is 0 Å². The molecular weight excluding hydrogens is 759 g/mol. The Morgan fingerprint density at radius 2 is 1.35 bits per heavy atom. The van der Waals surface area contributed by atoms with Crippen LogP contribution in [0.25, 0.3) is 0 Å². The van der Waals surface area contributed by atoms with E-state index in [2.05, 4.69) is 90.9 Å². The van der Waals surface area contributed by atoms with Gasteiger partial charge in [-0.05, 0) is 163 Å². The summed E-state index contributed by atoms with van der Waals surface area (Å²) in [4.78, 5) is 2.23. The Kier molecular flexibility index (Phi) is 26.3. The molecule has 0 heterocycles. The van der Waals surface area contributed by atoms with Crippen LogP contribution < -0.4 is 0 Å². The molecule has 0 aliphatic heterocycles. The standard InChI is InChI=1S/C58H105NO3/c1-9-10-11-12-13-14-15-16-17-18-19-20-21-22-25-28-42-60-47-52(46-59(7)8)62-44-30-27-24-23-26-29-43-61-51-38-40-57(5)50(45-51)34-35-53-55-37-36-54(49(4)33-31-32-48(2)3)58(55,6)41-39-56(53)57/h13-14,16-17,34,48-49,51-56H,9-12,15,18-33,35-47H2,1-8H3/b14-13-,17-16-/t49?,51-,52?,53?,54?,55?,56?,57-,58+/m0/s1. The van der Waals surface area contributed by atoms with Gasteiger partial charge in [-0.3, -0.25) is 0 Å². The topological polar surface area (TPSA) is 30.9 Å². The van der Waals surface area contributed by atoms with Crippen LogP contribution >= 0.6 is 0 Å². The summed E-state index contributed by atoms with van der Waals surface area (Å²) in [6.07, 6.45) is 51.1. The lowest BCUT2D eigenvalue weighted by molar-refractivity contribution is -0.0641. The number of fused-ring (bicyclic) bond motifs is 5. The fraction of sp³-hybridized carbons (Fsp3) is 0.897. The molecule has 3 saturated carbocycles. The first-order chi connectivity index (χ1) is 30.1. The van der Waals surface area contributed by atoms with Crippen molar-refractivity contribution in [3.8, 4) is 0 Å². The molecule has 4 aliphatic carbocycles. The summed E-state index contributed by atoms with van der Waals surface area (Å²) in [7, 11) is 4.28. The maximum Gasteiger partial charge on any atom is 0.0934 e. The van der Waals surface area contributed by atoms with Crippen molar-refractivity contribution in [2.45, 2.75) is 240 Å². The van der Waals surface area contributed by atoms with Crippen LogP contribution in [0.5, 0.6) is 0 Å². The van der Waals surface area contributed by atoms with E-state index < -0.39 is 0 Å². The van der Waals surface area contributed by atoms with E-state index in [4.69, 9.17) is 14.2 Å². The smallest absolute Gasteiger partial charge is 0.0934 e. The van der Waals surface area contributed by atoms with Gasteiger partial charge in [0.1, 0.15) is 0 Å². The summed E-state index contributed by atoms with van der Waals surface area (Å²) >= 11 is 0. The Labute approximate surface area is 387 Å². The number of ether oxygens (including phenoxy) is 3. The largest absolute Gasteiger partial charge is 0.379 e. The first-order valence-electron chi connectivity index (χ1n) is 27.5. The van der Waals surface area contributed by atoms with Gasteiger partial charge in [0.05, 0.1) is 18.8 Å². The van der Waals surface area contributed by atoms with Gasteiger partial charge in [-0.1, -0.05) is 161 Å². The van der Waals surface area contributed by atoms with E-state index in [0.29, 0.717) is 16.9 Å². The molecule has 0 N–H and O–H groups in total. The summed E-state index contributed by atoms with van der Waals surface area (Å²) in [5.41, 5.74) is 2.79. The molecule has 62 heavy (non-hydrogen) atoms. The molecule has 6 unspecified atom stereocenters. The highest BCUT2D eigenvalue weighted by Gasteiger charge is 2.59. The van der Waals surface area contributed by atoms with Crippen LogP contribution in [0.3, 0.4) is 0 Å². The van der Waals surface area contributed by atoms with Crippen LogP contribution in [-0.4, -0.2) is 64.2 Å². The van der Waals surface area contributed by atoms with Gasteiger partial charge in [-0.15, -0.1) is 0 Å². The van der Waals surface area contributed by atoms with Gasteiger partial charge in [0.25, 0.3) is 0 Å². The number of hydrogen-bond donors (Lipinski definition) is 0. The van der Waals surface area contributed by atoms with Crippen molar-refractivity contribution < 1.29 is 14.2 Å². The van der Waals surface area contributed by atoms with Gasteiger partial charge in [0.2, 0.25) is 0 Å². The number of hydrogen-bond acceptors (Lipinski definition) is 4. The highest BCUT2D eigenvalue weighted by molar-refractivity contribution is 5.25. The van der Waals surface area contributed by atoms with Crippen molar-refractivity contribution in [2.24, 2.45) is 46.3 Å². The minimum Gasteiger partial charge on any atom is -0.379 e. The van der Waals surface area contributed by atoms with Gasteiger partial charge >= 0.3 is 0 Å². The van der Waals surface area contributed by atoms with Gasteiger partial charge in [-0.2, -0.15) is 0 Å². The van der Waals surface area contributed by atoms with E-state index in [9.17, 15) is 0 Å². The minimum absolute atomic E-state index is 0.173. The van der Waals surface area contributed by atoms with E-state index in [1.54, 1.807) is 5.57 Å². The zero-order valence-electron chi connectivity index (χ0n) is 42.7. The molecule has 4 heteroatoms. The molecule has 360 valence electrons. The third-order valence-electron chi connectivity index (χ3n) is 16.9. The molecule has 4 nitrogen and oxygen atoms in total. The van der Waals surface area contributed by atoms with E-state index in [0.717, 1.165) is 81.3 Å². The van der Waals surface area contributed by atoms with Gasteiger partial charge in [0.15, 0.2) is 0 Å². The van der Waals surface area contributed by atoms with Crippen molar-refractivity contribution in [3.05, 3.63) is 36.0 Å². The quantitative estimate of drug-likeness (QED) is 0.0469. The highest BCUT2D eigenvalue weighted by atomic mass is 16.5. The summed E-state index contributed by atoms with van der Waals surface area (Å²) < 4.78 is 19.0. The molecule has 0 aromatic rings. The zero-order chi connectivity index (χ0) is 44.5. The average molecular weight is 864 g/mol. The van der Waals surface area contributed by atoms with E-state index in [1.807, 2.05) is 0 Å². The molecule has 0 spiro atoms. The average Bonchev–Trinajstić information content (AvgIpc) is 3.60. The molecule has 4 rings (SSSR count). The lowest BCUT2D eigenvalue weighted by atomic mass is 9.47. The molecule has 3 fully saturated rings. The minimum atomic E-state index is 0.173. The van der Waals surface area contributed by atoms with Crippen LogP contribution in [0, 0.1) is 46.3 Å². The SMILES string of the molecule is CCCCC/C=C\C/C=C\CCCCCCCCOCC(CN(C)C)OCCCCCCCCO[C@H]1CC[C@@]2(C)C(=CCC3C4CCC(C(C)CCCC(C)C)[C@@]4(C)CCC32)C1. The van der Waals surface area contributed by atoms with Crippen molar-refractivity contribution in [2.75, 3.05) is 47.1 Å². The van der Waals surface area contributed by atoms with Crippen molar-refractivity contribution in [1.82, 2.24) is 4.90 Å². The van der Waals surface area contributed by atoms with Crippen LogP contribution in [-0.2, 0) is 14.2 Å². The Hall–Kier alpha value is -0.940. The number of unbranched alkanes of at least 4 members (excludes halogenated alkanes) is 14. The summed E-state index contributed by atoms with van der Waals surface area (Å²) in [6, 6.07) is 0. The molecule has 9 atom stereocenters. The second kappa shape index (κ2) is 30.4. The third-order valence-corrected chi connectivity index (χ3v) is 16.9. The molecule has 4 aliphatic rings. The summed E-state index contributed by atoms with van der Waals surface area (Å²) in [6.45, 7) is 19.4. The van der Waals surface area contributed by atoms with Crippen LogP contribution in [0.2, 0.25) is 0 Å². The molecular formula is C58H105NO3. The lowest BCUT2D eigenvalue weighted by Crippen LogP contribution is -2.51. The first-order valence-corrected chi connectivity index (χ1v) is 27.5. The zero-order valence-corrected chi connectivity index (χ0v) is 42.7. The molecule has 0 amide bonds. The van der Waals surface area contributed by atoms with Crippen molar-refractivity contribution in [3.63, 3.8) is 0 Å². The molecule has 0 saturated heterocycles. The van der Waals surface area contributed by atoms with Crippen LogP contribution in [0.1, 0.15) is 228 Å². The fourth-order valence-corrected chi connectivity index (χ4v) is 13.2. The van der Waals surface area contributed by atoms with Gasteiger partial charge < -0.3 is 19.1 Å². The van der Waals surface area contributed by atoms with Crippen molar-refractivity contribution in [1.29, 1.82) is 0 Å². The number of nitrogens with zero attached hydrogens (tertiary/aromatic N) is 1. The van der Waals surface area contributed by atoms with Crippen molar-refractivity contribution >= 4 is 0 Å². The molecule has 0 radical (unpaired) electrons. The number of likely N-dealkylation sites (N-methyl/N-ethyl adjacent to an activating group) is 1. The summed E-state index contributed by atoms with van der Waals surface area (Å²) in [5, 5.41) is 0. The number of allylic oxidation sites excluding steroid dienone is 5. The monoisotopic (exact) mass is 864 g/mol.